The van der Waals surface area contributed by atoms with E-state index in [-0.39, 0.29) is 0 Å². The second kappa shape index (κ2) is 12.0. The molecule has 0 radical (unpaired) electrons. The number of carbonyl (C=O) groups is 3. The van der Waals surface area contributed by atoms with Crippen molar-refractivity contribution in [1.29, 1.82) is 0 Å². The van der Waals surface area contributed by atoms with Crippen molar-refractivity contribution in [2.45, 2.75) is 24.3 Å². The number of nitrogens with two attached hydrogens (primary N) is 1. The first-order valence-corrected chi connectivity index (χ1v) is 10.8. The molecule has 1 amide bonds. The van der Waals surface area contributed by atoms with E-state index in [1.54, 1.807) is 36.4 Å². The number of benzene rings is 2. The molecule has 32 heavy (non-hydrogen) atoms. The normalized spacial score (nSPS) is 18.9. The number of aliphatic hydroxyl groups excluding tert-OH is 1. The van der Waals surface area contributed by atoms with E-state index in [2.05, 4.69) is 46.7 Å². The highest BCUT2D eigenvalue weighted by Gasteiger charge is 2.41. The Balaban J connectivity index is 0.000000229. The summed E-state index contributed by atoms with van der Waals surface area (Å²) in [5, 5.41) is 12.2. The van der Waals surface area contributed by atoms with Gasteiger partial charge in [0, 0.05) is 8.95 Å². The summed E-state index contributed by atoms with van der Waals surface area (Å²) in [7, 11) is 2.50. The molecule has 172 valence electrons. The molecule has 1 saturated heterocycles. The first-order valence-electron chi connectivity index (χ1n) is 9.25. The number of methoxy groups -OCH3 is 2. The van der Waals surface area contributed by atoms with Gasteiger partial charge in [-0.25, -0.2) is 9.59 Å². The number of esters is 2. The number of aliphatic hydroxyl groups is 1. The summed E-state index contributed by atoms with van der Waals surface area (Å²) in [6.45, 7) is 0. The minimum atomic E-state index is -1.06. The number of nitrogens with one attached hydrogen (secondary N) is 1. The van der Waals surface area contributed by atoms with E-state index in [4.69, 9.17) is 10.5 Å². The van der Waals surface area contributed by atoms with Crippen LogP contribution in [0.15, 0.2) is 57.5 Å². The predicted octanol–water partition coefficient (Wildman–Crippen LogP) is 2.75. The zero-order valence-electron chi connectivity index (χ0n) is 17.2. The molecule has 0 aromatic heterocycles. The summed E-state index contributed by atoms with van der Waals surface area (Å²) >= 11 is 6.58. The van der Waals surface area contributed by atoms with Gasteiger partial charge in [-0.3, -0.25) is 4.79 Å². The Kier molecular flexibility index (Phi) is 9.63. The van der Waals surface area contributed by atoms with Crippen molar-refractivity contribution in [1.82, 2.24) is 5.32 Å². The van der Waals surface area contributed by atoms with Gasteiger partial charge in [-0.2, -0.15) is 0 Å². The highest BCUT2D eigenvalue weighted by atomic mass is 79.9. The van der Waals surface area contributed by atoms with E-state index in [1.807, 2.05) is 12.1 Å². The number of ether oxygens (including phenoxy) is 3. The predicted molar refractivity (Wildman–Crippen MR) is 121 cm³/mol. The van der Waals surface area contributed by atoms with Crippen molar-refractivity contribution < 1.29 is 33.7 Å². The maximum atomic E-state index is 11.5. The van der Waals surface area contributed by atoms with Crippen LogP contribution in [0.3, 0.4) is 0 Å². The molecule has 2 aromatic carbocycles. The molecule has 1 aliphatic rings. The quantitative estimate of drug-likeness (QED) is 0.367. The number of hydrogen-bond donors (Lipinski definition) is 3. The van der Waals surface area contributed by atoms with Crippen LogP contribution in [0.1, 0.15) is 23.3 Å². The molecule has 11 heteroatoms. The van der Waals surface area contributed by atoms with Crippen molar-refractivity contribution in [3.8, 4) is 0 Å². The molecule has 2 aromatic rings. The average Bonchev–Trinajstić information content (AvgIpc) is 3.20. The van der Waals surface area contributed by atoms with E-state index in [9.17, 15) is 19.5 Å². The minimum Gasteiger partial charge on any atom is -0.468 e. The summed E-state index contributed by atoms with van der Waals surface area (Å²) in [6.07, 6.45) is -2.32. The van der Waals surface area contributed by atoms with Gasteiger partial charge in [-0.1, -0.05) is 56.1 Å². The Bertz CT molecular complexity index is 938. The first-order chi connectivity index (χ1) is 15.2. The van der Waals surface area contributed by atoms with Crippen LogP contribution in [0.2, 0.25) is 0 Å². The van der Waals surface area contributed by atoms with Gasteiger partial charge in [-0.15, -0.1) is 0 Å². The van der Waals surface area contributed by atoms with Crippen molar-refractivity contribution in [3.63, 3.8) is 0 Å². The highest BCUT2D eigenvalue weighted by molar-refractivity contribution is 9.10. The molecule has 4 atom stereocenters. The lowest BCUT2D eigenvalue weighted by Gasteiger charge is -2.16. The monoisotopic (exact) mass is 572 g/mol. The molecule has 1 aliphatic heterocycles. The van der Waals surface area contributed by atoms with E-state index < -0.39 is 42.3 Å². The zero-order valence-corrected chi connectivity index (χ0v) is 20.3. The van der Waals surface area contributed by atoms with Gasteiger partial charge in [-0.05, 0) is 35.4 Å². The van der Waals surface area contributed by atoms with E-state index >= 15 is 0 Å². The maximum Gasteiger partial charge on any atom is 0.408 e. The fourth-order valence-electron chi connectivity index (χ4n) is 2.77. The van der Waals surface area contributed by atoms with Gasteiger partial charge in [0.15, 0.2) is 12.1 Å². The van der Waals surface area contributed by atoms with Crippen molar-refractivity contribution in [2.75, 3.05) is 14.2 Å². The van der Waals surface area contributed by atoms with Gasteiger partial charge >= 0.3 is 18.0 Å². The standard InChI is InChI=1S/C11H10BrNO4.C10H12BrNO3/c1-16-10(14)8-9(17-11(15)13-8)6-2-4-7(12)5-3-6;1-15-10(14)8(12)9(13)6-2-4-7(11)5-3-6/h2-5,8-9H,1H3,(H,13,15);2-5,8-9,13H,12H2,1H3/t2*8-,9+/m00/s1. The Hall–Kier alpha value is -2.47. The van der Waals surface area contributed by atoms with Crippen LogP contribution >= 0.6 is 31.9 Å². The molecule has 4 N–H and O–H groups in total. The van der Waals surface area contributed by atoms with Crippen molar-refractivity contribution >= 4 is 49.9 Å². The van der Waals surface area contributed by atoms with Gasteiger partial charge < -0.3 is 30.4 Å². The summed E-state index contributed by atoms with van der Waals surface area (Å²) in [5.74, 6) is -1.16. The number of halogens is 2. The lowest BCUT2D eigenvalue weighted by atomic mass is 10.0. The summed E-state index contributed by atoms with van der Waals surface area (Å²) in [6, 6.07) is 12.3. The van der Waals surface area contributed by atoms with E-state index in [1.165, 1.54) is 14.2 Å². The van der Waals surface area contributed by atoms with Crippen molar-refractivity contribution in [2.24, 2.45) is 5.73 Å². The van der Waals surface area contributed by atoms with Crippen LogP contribution in [-0.4, -0.2) is 49.4 Å². The van der Waals surface area contributed by atoms with E-state index in [0.717, 1.165) is 14.5 Å². The number of cyclic esters (lactones) is 1. The largest absolute Gasteiger partial charge is 0.468 e. The topological polar surface area (TPSA) is 137 Å². The van der Waals surface area contributed by atoms with Gasteiger partial charge in [0.1, 0.15) is 12.1 Å². The van der Waals surface area contributed by atoms with E-state index in [0.29, 0.717) is 5.56 Å². The van der Waals surface area contributed by atoms with Crippen LogP contribution in [-0.2, 0) is 23.8 Å². The molecule has 0 saturated carbocycles. The van der Waals surface area contributed by atoms with Crippen LogP contribution in [0.25, 0.3) is 0 Å². The maximum absolute atomic E-state index is 11.5. The number of rotatable bonds is 5. The number of alkyl carbamates (subject to hydrolysis) is 1. The molecular weight excluding hydrogens is 552 g/mol. The van der Waals surface area contributed by atoms with Crippen LogP contribution in [0.5, 0.6) is 0 Å². The fourth-order valence-corrected chi connectivity index (χ4v) is 3.30. The third-order valence-electron chi connectivity index (χ3n) is 4.49. The Labute approximate surface area is 201 Å². The average molecular weight is 574 g/mol. The molecule has 3 rings (SSSR count). The molecule has 0 bridgehead atoms. The van der Waals surface area contributed by atoms with Crippen LogP contribution in [0, 0.1) is 0 Å². The molecular formula is C21H22Br2N2O7. The summed E-state index contributed by atoms with van der Waals surface area (Å²) in [5.41, 5.74) is 6.82. The second-order valence-corrected chi connectivity index (χ2v) is 8.40. The third-order valence-corrected chi connectivity index (χ3v) is 5.55. The smallest absolute Gasteiger partial charge is 0.408 e. The number of carbonyl (C=O) groups excluding carboxylic acids is 3. The summed E-state index contributed by atoms with van der Waals surface area (Å²) < 4.78 is 15.9. The first kappa shape index (κ1) is 25.8. The van der Waals surface area contributed by atoms with Crippen LogP contribution in [0.4, 0.5) is 4.79 Å². The van der Waals surface area contributed by atoms with Gasteiger partial charge in [0.05, 0.1) is 14.2 Å². The molecule has 1 fully saturated rings. The van der Waals surface area contributed by atoms with Gasteiger partial charge in [0.25, 0.3) is 0 Å². The van der Waals surface area contributed by atoms with Crippen LogP contribution < -0.4 is 11.1 Å². The molecule has 9 nitrogen and oxygen atoms in total. The SMILES string of the molecule is COC(=O)[C@@H](N)[C@H](O)c1ccc(Br)cc1.COC(=O)[C@H]1NC(=O)O[C@@H]1c1ccc(Br)cc1. The lowest BCUT2D eigenvalue weighted by Crippen LogP contribution is -2.37. The molecule has 0 unspecified atom stereocenters. The lowest BCUT2D eigenvalue weighted by molar-refractivity contribution is -0.145. The minimum absolute atomic E-state index is 0.524. The Morgan fingerprint density at radius 3 is 2.06 bits per heavy atom. The molecule has 1 heterocycles. The van der Waals surface area contributed by atoms with Gasteiger partial charge in [0.2, 0.25) is 0 Å². The van der Waals surface area contributed by atoms with Crippen molar-refractivity contribution in [3.05, 3.63) is 68.6 Å². The second-order valence-electron chi connectivity index (χ2n) is 6.57. The highest BCUT2D eigenvalue weighted by Crippen LogP contribution is 2.28. The number of hydrogen-bond acceptors (Lipinski definition) is 8. The zero-order chi connectivity index (χ0) is 23.8. The molecule has 0 aliphatic carbocycles. The summed E-state index contributed by atoms with van der Waals surface area (Å²) in [4.78, 5) is 33.7. The Morgan fingerprint density at radius 2 is 1.56 bits per heavy atom. The fraction of sp³-hybridized carbons (Fsp3) is 0.286. The third kappa shape index (κ3) is 6.76. The Morgan fingerprint density at radius 1 is 1.03 bits per heavy atom. The number of amides is 1. The molecule has 0 spiro atoms.